The normalized spacial score (nSPS) is 15.3. The van der Waals surface area contributed by atoms with Crippen LogP contribution in [-0.2, 0) is 27.2 Å². The average molecular weight is 472 g/mol. The van der Waals surface area contributed by atoms with Crippen LogP contribution in [-0.4, -0.2) is 35.2 Å². The molecule has 0 spiro atoms. The van der Waals surface area contributed by atoms with Crippen molar-refractivity contribution < 1.29 is 14.4 Å². The van der Waals surface area contributed by atoms with Crippen LogP contribution in [0, 0.1) is 11.3 Å². The lowest BCUT2D eigenvalue weighted by Gasteiger charge is -2.28. The Bertz CT molecular complexity index is 1230. The van der Waals surface area contributed by atoms with Gasteiger partial charge in [0.15, 0.2) is 0 Å². The average Bonchev–Trinajstić information content (AvgIpc) is 3.15. The fourth-order valence-electron chi connectivity index (χ4n) is 4.04. The molecule has 0 saturated carbocycles. The van der Waals surface area contributed by atoms with Crippen LogP contribution in [0.15, 0.2) is 78.9 Å². The Balaban J connectivity index is 1.58. The number of imide groups is 1. The van der Waals surface area contributed by atoms with E-state index in [-0.39, 0.29) is 24.7 Å². The maximum absolute atomic E-state index is 13.4. The Kier molecular flexibility index (Phi) is 7.05. The minimum Gasteiger partial charge on any atom is -0.329 e. The highest BCUT2D eigenvalue weighted by molar-refractivity contribution is 6.30. The number of carbonyl (C=O) groups excluding carboxylic acids is 3. The van der Waals surface area contributed by atoms with Crippen LogP contribution < -0.4 is 4.90 Å². The molecule has 4 rings (SSSR count). The van der Waals surface area contributed by atoms with Gasteiger partial charge in [0, 0.05) is 11.6 Å². The predicted octanol–water partition coefficient (Wildman–Crippen LogP) is 4.16. The summed E-state index contributed by atoms with van der Waals surface area (Å²) >= 11 is 5.96. The van der Waals surface area contributed by atoms with Crippen LogP contribution in [0.4, 0.5) is 5.69 Å². The molecule has 1 heterocycles. The van der Waals surface area contributed by atoms with Crippen LogP contribution in [0.1, 0.15) is 23.1 Å². The van der Waals surface area contributed by atoms with Gasteiger partial charge < -0.3 is 4.90 Å². The van der Waals surface area contributed by atoms with Crippen molar-refractivity contribution in [1.29, 1.82) is 5.26 Å². The molecular weight excluding hydrogens is 450 g/mol. The molecule has 7 heteroatoms. The molecule has 0 aliphatic carbocycles. The number of anilines is 1. The zero-order valence-electron chi connectivity index (χ0n) is 18.4. The predicted molar refractivity (Wildman–Crippen MR) is 129 cm³/mol. The van der Waals surface area contributed by atoms with Gasteiger partial charge >= 0.3 is 0 Å². The lowest BCUT2D eigenvalue weighted by Crippen LogP contribution is -2.47. The number of nitriles is 1. The second-order valence-corrected chi connectivity index (χ2v) is 8.51. The summed E-state index contributed by atoms with van der Waals surface area (Å²) < 4.78 is 0. The van der Waals surface area contributed by atoms with Gasteiger partial charge in [-0.1, -0.05) is 54.1 Å². The van der Waals surface area contributed by atoms with Gasteiger partial charge in [0.1, 0.15) is 6.04 Å². The van der Waals surface area contributed by atoms with E-state index in [0.717, 1.165) is 16.0 Å². The lowest BCUT2D eigenvalue weighted by atomic mass is 10.1. The molecule has 0 aromatic heterocycles. The van der Waals surface area contributed by atoms with Crippen molar-refractivity contribution in [1.82, 2.24) is 4.90 Å². The third-order valence-electron chi connectivity index (χ3n) is 5.83. The molecule has 0 N–H and O–H groups in total. The quantitative estimate of drug-likeness (QED) is 0.484. The summed E-state index contributed by atoms with van der Waals surface area (Å²) in [4.78, 5) is 42.2. The van der Waals surface area contributed by atoms with Crippen LogP contribution in [0.25, 0.3) is 0 Å². The highest BCUT2D eigenvalue weighted by Crippen LogP contribution is 2.27. The molecule has 1 atom stereocenters. The van der Waals surface area contributed by atoms with Crippen molar-refractivity contribution in [3.05, 3.63) is 101 Å². The van der Waals surface area contributed by atoms with Crippen LogP contribution >= 0.6 is 11.6 Å². The Hall–Kier alpha value is -3.95. The highest BCUT2D eigenvalue weighted by Gasteiger charge is 2.44. The smallest absolute Gasteiger partial charge is 0.257 e. The van der Waals surface area contributed by atoms with Crippen molar-refractivity contribution in [3.8, 4) is 6.07 Å². The van der Waals surface area contributed by atoms with Crippen molar-refractivity contribution in [3.63, 3.8) is 0 Å². The minimum absolute atomic E-state index is 0.0834. The summed E-state index contributed by atoms with van der Waals surface area (Å²) in [5.74, 6) is -1.04. The summed E-state index contributed by atoms with van der Waals surface area (Å²) in [6.45, 7) is 0.307. The number of carbonyl (C=O) groups is 3. The van der Waals surface area contributed by atoms with Crippen molar-refractivity contribution >= 4 is 35.0 Å². The molecule has 3 amide bonds. The highest BCUT2D eigenvalue weighted by atomic mass is 35.5. The van der Waals surface area contributed by atoms with Crippen LogP contribution in [0.3, 0.4) is 0 Å². The Morgan fingerprint density at radius 1 is 0.971 bits per heavy atom. The fourth-order valence-corrected chi connectivity index (χ4v) is 4.17. The zero-order valence-corrected chi connectivity index (χ0v) is 19.1. The molecule has 1 fully saturated rings. The van der Waals surface area contributed by atoms with Gasteiger partial charge in [-0.15, -0.1) is 0 Å². The minimum atomic E-state index is -0.883. The van der Waals surface area contributed by atoms with E-state index in [1.54, 1.807) is 48.5 Å². The molecule has 3 aromatic carbocycles. The third kappa shape index (κ3) is 5.16. The molecule has 0 radical (unpaired) electrons. The standard InChI is InChI=1S/C27H22ClN3O3/c28-22-10-6-20(7-11-22)16-25(32)30(15-14-19-4-2-1-3-5-19)24-17-26(33)31(27(24)34)23-12-8-21(18-29)9-13-23/h1-13,24H,14-17H2. The van der Waals surface area contributed by atoms with E-state index in [4.69, 9.17) is 16.9 Å². The van der Waals surface area contributed by atoms with Gasteiger partial charge in [0.05, 0.1) is 30.2 Å². The zero-order chi connectivity index (χ0) is 24.1. The number of amides is 3. The summed E-state index contributed by atoms with van der Waals surface area (Å²) in [5.41, 5.74) is 2.64. The topological polar surface area (TPSA) is 81.5 Å². The first-order valence-electron chi connectivity index (χ1n) is 10.9. The van der Waals surface area contributed by atoms with Crippen molar-refractivity contribution in [2.75, 3.05) is 11.4 Å². The first-order chi connectivity index (χ1) is 16.5. The molecular formula is C27H22ClN3O3. The van der Waals surface area contributed by atoms with E-state index in [0.29, 0.717) is 29.2 Å². The maximum Gasteiger partial charge on any atom is 0.257 e. The maximum atomic E-state index is 13.4. The number of hydrogen-bond donors (Lipinski definition) is 0. The largest absolute Gasteiger partial charge is 0.329 e. The molecule has 1 aliphatic rings. The molecule has 1 saturated heterocycles. The van der Waals surface area contributed by atoms with Gasteiger partial charge in [0.2, 0.25) is 11.8 Å². The molecule has 1 aliphatic heterocycles. The second-order valence-electron chi connectivity index (χ2n) is 8.07. The molecule has 3 aromatic rings. The first kappa shape index (κ1) is 23.2. The van der Waals surface area contributed by atoms with E-state index in [9.17, 15) is 14.4 Å². The van der Waals surface area contributed by atoms with Gasteiger partial charge in [-0.25, -0.2) is 4.90 Å². The van der Waals surface area contributed by atoms with Crippen LogP contribution in [0.2, 0.25) is 5.02 Å². The second kappa shape index (κ2) is 10.3. The summed E-state index contributed by atoms with van der Waals surface area (Å²) in [7, 11) is 0. The Morgan fingerprint density at radius 2 is 1.65 bits per heavy atom. The number of rotatable bonds is 7. The molecule has 6 nitrogen and oxygen atoms in total. The SMILES string of the molecule is N#Cc1ccc(N2C(=O)CC(N(CCc3ccccc3)C(=O)Cc3ccc(Cl)cc3)C2=O)cc1. The summed E-state index contributed by atoms with van der Waals surface area (Å²) in [5, 5.41) is 9.59. The van der Waals surface area contributed by atoms with E-state index in [1.807, 2.05) is 36.4 Å². The fraction of sp³-hybridized carbons (Fsp3) is 0.185. The molecule has 0 bridgehead atoms. The summed E-state index contributed by atoms with van der Waals surface area (Å²) in [6, 6.07) is 24.1. The van der Waals surface area contributed by atoms with Gasteiger partial charge in [0.25, 0.3) is 5.91 Å². The number of benzene rings is 3. The van der Waals surface area contributed by atoms with Crippen LogP contribution in [0.5, 0.6) is 0 Å². The van der Waals surface area contributed by atoms with Gasteiger partial charge in [-0.05, 0) is 53.9 Å². The van der Waals surface area contributed by atoms with E-state index in [1.165, 1.54) is 4.90 Å². The molecule has 34 heavy (non-hydrogen) atoms. The number of halogens is 1. The molecule has 1 unspecified atom stereocenters. The third-order valence-corrected chi connectivity index (χ3v) is 6.08. The van der Waals surface area contributed by atoms with Crippen molar-refractivity contribution in [2.24, 2.45) is 0 Å². The van der Waals surface area contributed by atoms with Crippen molar-refractivity contribution in [2.45, 2.75) is 25.3 Å². The van der Waals surface area contributed by atoms with E-state index in [2.05, 4.69) is 0 Å². The lowest BCUT2D eigenvalue weighted by molar-refractivity contribution is -0.137. The first-order valence-corrected chi connectivity index (χ1v) is 11.3. The summed E-state index contributed by atoms with van der Waals surface area (Å²) in [6.07, 6.45) is 0.572. The van der Waals surface area contributed by atoms with Gasteiger partial charge in [-0.2, -0.15) is 5.26 Å². The number of hydrogen-bond acceptors (Lipinski definition) is 4. The Labute approximate surface area is 203 Å². The number of nitrogens with zero attached hydrogens (tertiary/aromatic N) is 3. The Morgan fingerprint density at radius 3 is 2.29 bits per heavy atom. The van der Waals surface area contributed by atoms with Gasteiger partial charge in [-0.3, -0.25) is 14.4 Å². The van der Waals surface area contributed by atoms with E-state index < -0.39 is 11.9 Å². The monoisotopic (exact) mass is 471 g/mol. The van der Waals surface area contributed by atoms with E-state index >= 15 is 0 Å². The molecule has 170 valence electrons.